The highest BCUT2D eigenvalue weighted by Gasteiger charge is 2.68. The van der Waals surface area contributed by atoms with Crippen LogP contribution in [0.4, 0.5) is 0 Å². The number of ether oxygens (including phenoxy) is 2. The Morgan fingerprint density at radius 3 is 1.52 bits per heavy atom. The lowest BCUT2D eigenvalue weighted by Gasteiger charge is -2.30. The van der Waals surface area contributed by atoms with Gasteiger partial charge in [0.05, 0.1) is 21.7 Å². The normalized spacial score (nSPS) is 39.5. The molecule has 7 atom stereocenters. The lowest BCUT2D eigenvalue weighted by molar-refractivity contribution is 0.148. The number of alkyl halides is 2. The molecule has 2 aromatic carbocycles. The number of halogens is 2. The van der Waals surface area contributed by atoms with Crippen LogP contribution in [0.3, 0.4) is 0 Å². The quantitative estimate of drug-likeness (QED) is 0.542. The lowest BCUT2D eigenvalue weighted by Crippen LogP contribution is -2.40. The van der Waals surface area contributed by atoms with Crippen molar-refractivity contribution in [3.63, 3.8) is 0 Å². The molecule has 1 spiro atoms. The van der Waals surface area contributed by atoms with Gasteiger partial charge in [0, 0.05) is 16.5 Å². The smallest absolute Gasteiger partial charge is 0.216 e. The Labute approximate surface area is 186 Å². The molecule has 4 nitrogen and oxygen atoms in total. The Bertz CT molecular complexity index is 913. The molecule has 2 aliphatic carbocycles. The molecule has 6 heteroatoms. The molecule has 0 saturated heterocycles. The summed E-state index contributed by atoms with van der Waals surface area (Å²) in [5.41, 5.74) is 2.01. The van der Waals surface area contributed by atoms with E-state index in [1.807, 2.05) is 36.4 Å². The van der Waals surface area contributed by atoms with Crippen LogP contribution in [0.1, 0.15) is 24.0 Å². The van der Waals surface area contributed by atoms with Crippen molar-refractivity contribution >= 4 is 43.7 Å². The standard InChI is InChI=1S/C23H20Br2N2O2/c24-15-11-23(19-17(15)28-21(26-19)13-7-3-1-4-8-13)12-16(25)18-20(23)27-22(29-18)14-9-5-2-6-10-14/h1-10,15-20H,11-12H2/t15-,16+,17+,18-,19+,20-,23?. The summed E-state index contributed by atoms with van der Waals surface area (Å²) in [6.45, 7) is 0. The molecule has 2 saturated carbocycles. The van der Waals surface area contributed by atoms with Gasteiger partial charge in [0.25, 0.3) is 0 Å². The van der Waals surface area contributed by atoms with Crippen LogP contribution in [0.15, 0.2) is 70.6 Å². The predicted molar refractivity (Wildman–Crippen MR) is 120 cm³/mol. The van der Waals surface area contributed by atoms with Crippen molar-refractivity contribution in [2.45, 2.75) is 46.8 Å². The predicted octanol–water partition coefficient (Wildman–Crippen LogP) is 4.74. The van der Waals surface area contributed by atoms with Gasteiger partial charge < -0.3 is 9.47 Å². The molecular formula is C23H20Br2N2O2. The van der Waals surface area contributed by atoms with E-state index in [4.69, 9.17) is 19.5 Å². The van der Waals surface area contributed by atoms with E-state index in [2.05, 4.69) is 56.1 Å². The fourth-order valence-electron chi connectivity index (χ4n) is 5.45. The van der Waals surface area contributed by atoms with Crippen molar-refractivity contribution in [2.75, 3.05) is 0 Å². The molecule has 2 fully saturated rings. The molecule has 0 bridgehead atoms. The van der Waals surface area contributed by atoms with Crippen molar-refractivity contribution in [1.29, 1.82) is 0 Å². The van der Waals surface area contributed by atoms with Gasteiger partial charge in [-0.1, -0.05) is 68.3 Å². The van der Waals surface area contributed by atoms with Crippen molar-refractivity contribution in [3.05, 3.63) is 71.8 Å². The Morgan fingerprint density at radius 2 is 1.10 bits per heavy atom. The molecule has 6 rings (SSSR count). The fraction of sp³-hybridized carbons (Fsp3) is 0.391. The van der Waals surface area contributed by atoms with Crippen LogP contribution in [0.25, 0.3) is 0 Å². The van der Waals surface area contributed by atoms with E-state index >= 15 is 0 Å². The Morgan fingerprint density at radius 1 is 0.690 bits per heavy atom. The van der Waals surface area contributed by atoms with E-state index in [0.29, 0.717) is 0 Å². The van der Waals surface area contributed by atoms with Crippen LogP contribution in [-0.4, -0.2) is 45.7 Å². The van der Waals surface area contributed by atoms with E-state index in [1.165, 1.54) is 0 Å². The van der Waals surface area contributed by atoms with E-state index in [9.17, 15) is 0 Å². The zero-order chi connectivity index (χ0) is 19.6. The Kier molecular flexibility index (Phi) is 4.17. The molecule has 1 unspecified atom stereocenters. The molecule has 0 aromatic heterocycles. The largest absolute Gasteiger partial charge is 0.471 e. The number of fused-ring (bicyclic) bond motifs is 4. The summed E-state index contributed by atoms with van der Waals surface area (Å²) in [6, 6.07) is 20.5. The lowest BCUT2D eigenvalue weighted by atomic mass is 9.77. The molecule has 4 aliphatic rings. The van der Waals surface area contributed by atoms with Gasteiger partial charge in [-0.2, -0.15) is 0 Å². The second-order valence-electron chi connectivity index (χ2n) is 8.33. The summed E-state index contributed by atoms with van der Waals surface area (Å²) < 4.78 is 12.7. The molecule has 0 radical (unpaired) electrons. The molecule has 2 heterocycles. The van der Waals surface area contributed by atoms with Crippen LogP contribution >= 0.6 is 31.9 Å². The summed E-state index contributed by atoms with van der Waals surface area (Å²) in [6.07, 6.45) is 2.07. The number of hydrogen-bond donors (Lipinski definition) is 0. The molecular weight excluding hydrogens is 496 g/mol. The van der Waals surface area contributed by atoms with Crippen molar-refractivity contribution in [1.82, 2.24) is 0 Å². The summed E-state index contributed by atoms with van der Waals surface area (Å²) >= 11 is 7.81. The Hall–Kier alpha value is -1.66. The summed E-state index contributed by atoms with van der Waals surface area (Å²) in [5, 5.41) is 0. The Balaban J connectivity index is 1.39. The van der Waals surface area contributed by atoms with Crippen molar-refractivity contribution in [3.8, 4) is 0 Å². The van der Waals surface area contributed by atoms with Crippen LogP contribution in [0.5, 0.6) is 0 Å². The molecule has 2 aliphatic heterocycles. The van der Waals surface area contributed by atoms with Crippen molar-refractivity contribution < 1.29 is 9.47 Å². The maximum atomic E-state index is 6.36. The minimum atomic E-state index is -0.0648. The van der Waals surface area contributed by atoms with Gasteiger partial charge in [-0.25, -0.2) is 9.98 Å². The molecule has 0 N–H and O–H groups in total. The third-order valence-electron chi connectivity index (χ3n) is 6.71. The number of benzene rings is 2. The van der Waals surface area contributed by atoms with E-state index in [0.717, 1.165) is 35.8 Å². The van der Waals surface area contributed by atoms with Crippen LogP contribution < -0.4 is 0 Å². The first kappa shape index (κ1) is 18.1. The van der Waals surface area contributed by atoms with E-state index in [1.54, 1.807) is 0 Å². The van der Waals surface area contributed by atoms with E-state index < -0.39 is 0 Å². The van der Waals surface area contributed by atoms with Gasteiger partial charge in [-0.05, 0) is 37.1 Å². The van der Waals surface area contributed by atoms with Gasteiger partial charge in [0.1, 0.15) is 12.2 Å². The van der Waals surface area contributed by atoms with Gasteiger partial charge in [0.2, 0.25) is 11.8 Å². The van der Waals surface area contributed by atoms with E-state index in [-0.39, 0.29) is 39.4 Å². The summed E-state index contributed by atoms with van der Waals surface area (Å²) in [4.78, 5) is 10.7. The van der Waals surface area contributed by atoms with Crippen LogP contribution in [0.2, 0.25) is 0 Å². The number of aliphatic imine (C=N–C) groups is 2. The second kappa shape index (κ2) is 6.67. The first-order chi connectivity index (χ1) is 14.2. The second-order valence-corrected chi connectivity index (χ2v) is 10.7. The highest BCUT2D eigenvalue weighted by Crippen LogP contribution is 2.60. The van der Waals surface area contributed by atoms with Gasteiger partial charge >= 0.3 is 0 Å². The fourth-order valence-corrected chi connectivity index (χ4v) is 7.45. The monoisotopic (exact) mass is 514 g/mol. The van der Waals surface area contributed by atoms with Crippen LogP contribution in [-0.2, 0) is 9.47 Å². The first-order valence-electron chi connectivity index (χ1n) is 10.0. The molecule has 0 amide bonds. The third-order valence-corrected chi connectivity index (χ3v) is 8.40. The van der Waals surface area contributed by atoms with Crippen LogP contribution in [0, 0.1) is 5.41 Å². The zero-order valence-electron chi connectivity index (χ0n) is 15.6. The highest BCUT2D eigenvalue weighted by atomic mass is 79.9. The maximum absolute atomic E-state index is 6.36. The first-order valence-corrected chi connectivity index (χ1v) is 11.9. The zero-order valence-corrected chi connectivity index (χ0v) is 18.8. The molecule has 29 heavy (non-hydrogen) atoms. The average Bonchev–Trinajstić information content (AvgIpc) is 3.48. The van der Waals surface area contributed by atoms with Gasteiger partial charge in [-0.3, -0.25) is 0 Å². The topological polar surface area (TPSA) is 43.2 Å². The summed E-state index contributed by atoms with van der Waals surface area (Å²) in [7, 11) is 0. The number of nitrogens with zero attached hydrogens (tertiary/aromatic N) is 2. The molecule has 148 valence electrons. The minimum absolute atomic E-state index is 0.0413. The number of hydrogen-bond acceptors (Lipinski definition) is 4. The summed E-state index contributed by atoms with van der Waals surface area (Å²) in [5.74, 6) is 1.51. The van der Waals surface area contributed by atoms with Gasteiger partial charge in [-0.15, -0.1) is 0 Å². The minimum Gasteiger partial charge on any atom is -0.471 e. The third kappa shape index (κ3) is 2.68. The van der Waals surface area contributed by atoms with Crippen molar-refractivity contribution in [2.24, 2.45) is 15.4 Å². The maximum Gasteiger partial charge on any atom is 0.216 e. The highest BCUT2D eigenvalue weighted by molar-refractivity contribution is 9.09. The van der Waals surface area contributed by atoms with Gasteiger partial charge in [0.15, 0.2) is 0 Å². The SMILES string of the molecule is Br[C@@H]1CC2(C[C@H](Br)[C@H]3OC(c4ccccc4)=N[C@H]32)[C@H]2N=C(c3ccccc3)O[C@@H]12. The number of rotatable bonds is 2. The average molecular weight is 516 g/mol. The molecule has 2 aromatic rings.